The van der Waals surface area contributed by atoms with E-state index in [-0.39, 0.29) is 16.7 Å². The minimum absolute atomic E-state index is 0.0696. The monoisotopic (exact) mass is 469 g/mol. The van der Waals surface area contributed by atoms with Crippen molar-refractivity contribution in [2.45, 2.75) is 49.8 Å². The number of nitrogens with one attached hydrogen (secondary N) is 2. The van der Waals surface area contributed by atoms with Crippen molar-refractivity contribution in [3.63, 3.8) is 0 Å². The molecule has 1 fully saturated rings. The molecule has 2 N–H and O–H groups in total. The molecular weight excluding hydrogens is 442 g/mol. The van der Waals surface area contributed by atoms with Crippen molar-refractivity contribution in [1.82, 2.24) is 4.98 Å². The number of anilines is 2. The number of benzene rings is 2. The summed E-state index contributed by atoms with van der Waals surface area (Å²) in [6, 6.07) is 13.8. The summed E-state index contributed by atoms with van der Waals surface area (Å²) in [5.41, 5.74) is 2.34. The second kappa shape index (κ2) is 9.83. The lowest BCUT2D eigenvalue weighted by molar-refractivity contribution is -0.118. The second-order valence-corrected chi connectivity index (χ2v) is 10.9. The van der Waals surface area contributed by atoms with E-state index in [1.54, 1.807) is 42.6 Å². The lowest BCUT2D eigenvalue weighted by atomic mass is 9.87. The standard InChI is InChI=1S/C24H27N3O3S2/c1-17-6-12-21(13-7-17)32(29,30)27-20-10-8-19(9-11-20)22(16-18-4-2-3-5-18)23(28)26-24-25-14-15-31-24/h6-15,18,22,27H,2-5,16H2,1H3,(H,25,26,28). The van der Waals surface area contributed by atoms with Gasteiger partial charge in [0, 0.05) is 17.3 Å². The summed E-state index contributed by atoms with van der Waals surface area (Å²) < 4.78 is 28.0. The normalized spacial score (nSPS) is 15.4. The predicted molar refractivity (Wildman–Crippen MR) is 128 cm³/mol. The first-order valence-electron chi connectivity index (χ1n) is 10.8. The molecule has 1 atom stereocenters. The molecule has 1 amide bonds. The Morgan fingerprint density at radius 3 is 2.41 bits per heavy atom. The lowest BCUT2D eigenvalue weighted by Crippen LogP contribution is -2.23. The number of nitrogens with zero attached hydrogens (tertiary/aromatic N) is 1. The average molecular weight is 470 g/mol. The largest absolute Gasteiger partial charge is 0.301 e. The van der Waals surface area contributed by atoms with Gasteiger partial charge in [0.2, 0.25) is 5.91 Å². The van der Waals surface area contributed by atoms with Crippen LogP contribution in [0.5, 0.6) is 0 Å². The number of carbonyl (C=O) groups is 1. The van der Waals surface area contributed by atoms with Gasteiger partial charge in [-0.15, -0.1) is 11.3 Å². The molecule has 1 saturated carbocycles. The van der Waals surface area contributed by atoms with Gasteiger partial charge in [0.25, 0.3) is 10.0 Å². The van der Waals surface area contributed by atoms with E-state index in [9.17, 15) is 13.2 Å². The number of aryl methyl sites for hydroxylation is 1. The molecule has 0 bridgehead atoms. The Morgan fingerprint density at radius 1 is 1.09 bits per heavy atom. The quantitative estimate of drug-likeness (QED) is 0.452. The summed E-state index contributed by atoms with van der Waals surface area (Å²) in [7, 11) is -3.67. The molecule has 1 aliphatic rings. The highest BCUT2D eigenvalue weighted by Crippen LogP contribution is 2.35. The van der Waals surface area contributed by atoms with Crippen LogP contribution >= 0.6 is 11.3 Å². The number of carbonyl (C=O) groups excluding carboxylic acids is 1. The van der Waals surface area contributed by atoms with Crippen LogP contribution in [0, 0.1) is 12.8 Å². The van der Waals surface area contributed by atoms with Crippen LogP contribution < -0.4 is 10.0 Å². The van der Waals surface area contributed by atoms with Crippen LogP contribution in [0.25, 0.3) is 0 Å². The predicted octanol–water partition coefficient (Wildman–Crippen LogP) is 5.55. The van der Waals surface area contributed by atoms with Crippen molar-refractivity contribution in [2.75, 3.05) is 10.0 Å². The van der Waals surface area contributed by atoms with E-state index in [2.05, 4.69) is 15.0 Å². The zero-order chi connectivity index (χ0) is 22.6. The van der Waals surface area contributed by atoms with Crippen LogP contribution in [0.1, 0.15) is 49.1 Å². The molecule has 1 aromatic heterocycles. The SMILES string of the molecule is Cc1ccc(S(=O)(=O)Nc2ccc(C(CC3CCCC3)C(=O)Nc3nccs3)cc2)cc1. The van der Waals surface area contributed by atoms with Gasteiger partial charge in [-0.2, -0.15) is 0 Å². The van der Waals surface area contributed by atoms with Crippen molar-refractivity contribution >= 4 is 38.1 Å². The summed E-state index contributed by atoms with van der Waals surface area (Å²) in [6.45, 7) is 1.91. The van der Waals surface area contributed by atoms with Crippen LogP contribution in [-0.2, 0) is 14.8 Å². The number of amides is 1. The Labute approximate surface area is 193 Å². The molecule has 8 heteroatoms. The van der Waals surface area contributed by atoms with Gasteiger partial charge < -0.3 is 5.32 Å². The fourth-order valence-corrected chi connectivity index (χ4v) is 5.76. The summed E-state index contributed by atoms with van der Waals surface area (Å²) in [5, 5.41) is 5.35. The Morgan fingerprint density at radius 2 is 1.78 bits per heavy atom. The van der Waals surface area contributed by atoms with Gasteiger partial charge in [-0.05, 0) is 49.1 Å². The number of hydrogen-bond donors (Lipinski definition) is 2. The molecule has 32 heavy (non-hydrogen) atoms. The fraction of sp³-hybridized carbons (Fsp3) is 0.333. The smallest absolute Gasteiger partial charge is 0.261 e. The first-order valence-corrected chi connectivity index (χ1v) is 13.2. The molecule has 0 radical (unpaired) electrons. The second-order valence-electron chi connectivity index (χ2n) is 8.31. The Hall–Kier alpha value is -2.71. The van der Waals surface area contributed by atoms with Crippen molar-refractivity contribution in [2.24, 2.45) is 5.92 Å². The zero-order valence-corrected chi connectivity index (χ0v) is 19.6. The first-order chi connectivity index (χ1) is 15.4. The molecule has 0 saturated heterocycles. The lowest BCUT2D eigenvalue weighted by Gasteiger charge is -2.20. The third-order valence-corrected chi connectivity index (χ3v) is 8.01. The first kappa shape index (κ1) is 22.5. The minimum atomic E-state index is -3.67. The number of rotatable bonds is 8. The van der Waals surface area contributed by atoms with Gasteiger partial charge in [0.1, 0.15) is 0 Å². The molecule has 3 aromatic rings. The molecule has 4 rings (SSSR count). The van der Waals surface area contributed by atoms with Crippen molar-refractivity contribution in [3.8, 4) is 0 Å². The van der Waals surface area contributed by atoms with Gasteiger partial charge in [-0.25, -0.2) is 13.4 Å². The van der Waals surface area contributed by atoms with Crippen LogP contribution in [0.3, 0.4) is 0 Å². The molecule has 2 aromatic carbocycles. The van der Waals surface area contributed by atoms with Crippen LogP contribution in [0.2, 0.25) is 0 Å². The van der Waals surface area contributed by atoms with E-state index in [0.717, 1.165) is 30.4 Å². The third kappa shape index (κ3) is 5.55. The highest BCUT2D eigenvalue weighted by Gasteiger charge is 2.27. The fourth-order valence-electron chi connectivity index (χ4n) is 4.17. The van der Waals surface area contributed by atoms with E-state index in [1.165, 1.54) is 24.2 Å². The van der Waals surface area contributed by atoms with Crippen LogP contribution in [0.15, 0.2) is 65.0 Å². The number of sulfonamides is 1. The van der Waals surface area contributed by atoms with Gasteiger partial charge in [0.05, 0.1) is 10.8 Å². The molecule has 6 nitrogen and oxygen atoms in total. The van der Waals surface area contributed by atoms with E-state index in [4.69, 9.17) is 0 Å². The maximum absolute atomic E-state index is 13.1. The Bertz CT molecular complexity index is 1140. The molecule has 1 heterocycles. The van der Waals surface area contributed by atoms with Crippen molar-refractivity contribution < 1.29 is 13.2 Å². The van der Waals surface area contributed by atoms with E-state index >= 15 is 0 Å². The molecule has 1 unspecified atom stereocenters. The molecular formula is C24H27N3O3S2. The van der Waals surface area contributed by atoms with Gasteiger partial charge in [0.15, 0.2) is 5.13 Å². The molecule has 1 aliphatic carbocycles. The highest BCUT2D eigenvalue weighted by molar-refractivity contribution is 7.92. The molecule has 0 spiro atoms. The topological polar surface area (TPSA) is 88.2 Å². The number of aromatic nitrogens is 1. The van der Waals surface area contributed by atoms with Crippen molar-refractivity contribution in [3.05, 3.63) is 71.2 Å². The molecule has 168 valence electrons. The Kier molecular flexibility index (Phi) is 6.91. The number of thiazole rings is 1. The van der Waals surface area contributed by atoms with Crippen LogP contribution in [0.4, 0.5) is 10.8 Å². The number of hydrogen-bond acceptors (Lipinski definition) is 5. The zero-order valence-electron chi connectivity index (χ0n) is 18.0. The van der Waals surface area contributed by atoms with Gasteiger partial charge in [-0.1, -0.05) is 55.5 Å². The van der Waals surface area contributed by atoms with E-state index in [0.29, 0.717) is 16.7 Å². The maximum Gasteiger partial charge on any atom is 0.261 e. The molecule has 0 aliphatic heterocycles. The summed E-state index contributed by atoms with van der Waals surface area (Å²) >= 11 is 1.39. The third-order valence-electron chi connectivity index (χ3n) is 5.92. The minimum Gasteiger partial charge on any atom is -0.301 e. The maximum atomic E-state index is 13.1. The van der Waals surface area contributed by atoms with Crippen LogP contribution in [-0.4, -0.2) is 19.3 Å². The summed E-state index contributed by atoms with van der Waals surface area (Å²) in [6.07, 6.45) is 7.17. The van der Waals surface area contributed by atoms with E-state index < -0.39 is 10.0 Å². The van der Waals surface area contributed by atoms with Crippen molar-refractivity contribution in [1.29, 1.82) is 0 Å². The van der Waals surface area contributed by atoms with E-state index in [1.807, 2.05) is 24.4 Å². The van der Waals surface area contributed by atoms with Gasteiger partial charge in [-0.3, -0.25) is 9.52 Å². The van der Waals surface area contributed by atoms with Gasteiger partial charge >= 0.3 is 0 Å². The highest BCUT2D eigenvalue weighted by atomic mass is 32.2. The summed E-state index contributed by atoms with van der Waals surface area (Å²) in [5.74, 6) is 0.159. The Balaban J connectivity index is 1.51. The average Bonchev–Trinajstić information content (AvgIpc) is 3.47. The summed E-state index contributed by atoms with van der Waals surface area (Å²) in [4.78, 5) is 17.4.